The van der Waals surface area contributed by atoms with Crippen LogP contribution in [0, 0.1) is 0 Å². The van der Waals surface area contributed by atoms with Gasteiger partial charge in [-0.3, -0.25) is 9.59 Å². The maximum absolute atomic E-state index is 12.1. The number of nitrogens with zero attached hydrogens (tertiary/aromatic N) is 1. The molecule has 28 heavy (non-hydrogen) atoms. The van der Waals surface area contributed by atoms with Crippen LogP contribution in [0.5, 0.6) is 0 Å². The Morgan fingerprint density at radius 1 is 1.21 bits per heavy atom. The van der Waals surface area contributed by atoms with Gasteiger partial charge in [0.2, 0.25) is 16.8 Å². The minimum atomic E-state index is -4.09. The van der Waals surface area contributed by atoms with E-state index in [9.17, 15) is 22.8 Å². The molecule has 0 atom stereocenters. The molecule has 0 unspecified atom stereocenters. The largest absolute Gasteiger partial charge is 0.450 e. The number of amides is 2. The van der Waals surface area contributed by atoms with E-state index in [1.807, 2.05) is 0 Å². The molecule has 0 spiro atoms. The summed E-state index contributed by atoms with van der Waals surface area (Å²) in [5, 5.41) is 6.89. The molecule has 1 aliphatic heterocycles. The smallest absolute Gasteiger partial charge is 0.374 e. The van der Waals surface area contributed by atoms with E-state index < -0.39 is 39.4 Å². The third-order valence-electron chi connectivity index (χ3n) is 3.94. The number of carbonyl (C=O) groups excluding carboxylic acids is 3. The Kier molecular flexibility index (Phi) is 5.47. The van der Waals surface area contributed by atoms with Gasteiger partial charge in [-0.1, -0.05) is 12.1 Å². The molecule has 0 saturated carbocycles. The van der Waals surface area contributed by atoms with Crippen molar-refractivity contribution >= 4 is 39.2 Å². The zero-order valence-corrected chi connectivity index (χ0v) is 15.4. The number of benzene rings is 1. The number of nitrogens with two attached hydrogens (primary N) is 1. The zero-order valence-electron chi connectivity index (χ0n) is 14.6. The second-order valence-corrected chi connectivity index (χ2v) is 7.45. The molecular formula is C17H17N3O7S. The quantitative estimate of drug-likeness (QED) is 0.674. The second kappa shape index (κ2) is 7.82. The number of sulfonamides is 1. The predicted molar refractivity (Wildman–Crippen MR) is 97.0 cm³/mol. The van der Waals surface area contributed by atoms with Crippen LogP contribution in [0.2, 0.25) is 0 Å². The molecule has 1 saturated heterocycles. The molecular weight excluding hydrogens is 390 g/mol. The van der Waals surface area contributed by atoms with Crippen molar-refractivity contribution in [3.8, 4) is 0 Å². The average molecular weight is 407 g/mol. The minimum absolute atomic E-state index is 0.0309. The molecule has 0 bridgehead atoms. The van der Waals surface area contributed by atoms with Crippen LogP contribution >= 0.6 is 0 Å². The van der Waals surface area contributed by atoms with Gasteiger partial charge in [0, 0.05) is 13.0 Å². The molecule has 0 radical (unpaired) electrons. The van der Waals surface area contributed by atoms with E-state index in [0.717, 1.165) is 18.6 Å². The number of hydrogen-bond acceptors (Lipinski definition) is 7. The number of para-hydroxylation sites is 2. The lowest BCUT2D eigenvalue weighted by molar-refractivity contribution is -0.119. The van der Waals surface area contributed by atoms with Crippen LogP contribution in [-0.2, 0) is 24.3 Å². The van der Waals surface area contributed by atoms with Crippen molar-refractivity contribution in [2.24, 2.45) is 5.14 Å². The van der Waals surface area contributed by atoms with Crippen molar-refractivity contribution in [3.05, 3.63) is 42.2 Å². The van der Waals surface area contributed by atoms with Crippen LogP contribution in [0.1, 0.15) is 23.4 Å². The van der Waals surface area contributed by atoms with Crippen molar-refractivity contribution in [2.75, 3.05) is 23.4 Å². The van der Waals surface area contributed by atoms with Crippen LogP contribution in [0.3, 0.4) is 0 Å². The molecule has 1 fully saturated rings. The number of ether oxygens (including phenoxy) is 1. The molecule has 3 rings (SSSR count). The van der Waals surface area contributed by atoms with Gasteiger partial charge < -0.3 is 19.4 Å². The van der Waals surface area contributed by atoms with Crippen molar-refractivity contribution in [2.45, 2.75) is 17.9 Å². The lowest BCUT2D eigenvalue weighted by Crippen LogP contribution is -2.26. The van der Waals surface area contributed by atoms with Crippen LogP contribution in [0.4, 0.5) is 11.4 Å². The predicted octanol–water partition coefficient (Wildman–Crippen LogP) is 0.849. The molecule has 11 heteroatoms. The third kappa shape index (κ3) is 4.38. The lowest BCUT2D eigenvalue weighted by Gasteiger charge is -2.19. The summed E-state index contributed by atoms with van der Waals surface area (Å²) in [6, 6.07) is 8.87. The molecule has 148 valence electrons. The SMILES string of the molecule is NS(=O)(=O)c1ccc(C(=O)OCC(=O)Nc2ccccc2N2CCCC2=O)o1. The molecule has 2 heterocycles. The normalized spacial score (nSPS) is 14.2. The molecule has 2 aromatic rings. The lowest BCUT2D eigenvalue weighted by atomic mass is 10.2. The monoisotopic (exact) mass is 407 g/mol. The van der Waals surface area contributed by atoms with Crippen LogP contribution in [0.25, 0.3) is 0 Å². The highest BCUT2D eigenvalue weighted by molar-refractivity contribution is 7.89. The number of nitrogens with one attached hydrogen (secondary N) is 1. The summed E-state index contributed by atoms with van der Waals surface area (Å²) in [4.78, 5) is 37.5. The topological polar surface area (TPSA) is 149 Å². The molecule has 1 aliphatic rings. The van der Waals surface area contributed by atoms with Gasteiger partial charge in [-0.25, -0.2) is 18.4 Å². The number of hydrogen-bond donors (Lipinski definition) is 2. The van der Waals surface area contributed by atoms with E-state index in [2.05, 4.69) is 5.32 Å². The van der Waals surface area contributed by atoms with Crippen molar-refractivity contribution in [3.63, 3.8) is 0 Å². The number of esters is 1. The first kappa shape index (κ1) is 19.6. The van der Waals surface area contributed by atoms with Crippen LogP contribution < -0.4 is 15.4 Å². The molecule has 1 aromatic carbocycles. The first-order valence-electron chi connectivity index (χ1n) is 8.25. The summed E-state index contributed by atoms with van der Waals surface area (Å²) >= 11 is 0. The maximum Gasteiger partial charge on any atom is 0.374 e. The highest BCUT2D eigenvalue weighted by Crippen LogP contribution is 2.29. The van der Waals surface area contributed by atoms with E-state index in [1.54, 1.807) is 29.2 Å². The van der Waals surface area contributed by atoms with Gasteiger partial charge in [-0.05, 0) is 30.7 Å². The maximum atomic E-state index is 12.1. The van der Waals surface area contributed by atoms with Crippen LogP contribution in [-0.4, -0.2) is 39.4 Å². The van der Waals surface area contributed by atoms with Gasteiger partial charge in [0.1, 0.15) is 0 Å². The molecule has 3 N–H and O–H groups in total. The highest BCUT2D eigenvalue weighted by Gasteiger charge is 2.24. The molecule has 10 nitrogen and oxygen atoms in total. The Labute approximate surface area is 160 Å². The number of rotatable bonds is 6. The van der Waals surface area contributed by atoms with Crippen LogP contribution in [0.15, 0.2) is 45.9 Å². The first-order valence-corrected chi connectivity index (χ1v) is 9.79. The zero-order chi connectivity index (χ0) is 20.3. The van der Waals surface area contributed by atoms with E-state index >= 15 is 0 Å². The molecule has 0 aliphatic carbocycles. The summed E-state index contributed by atoms with van der Waals surface area (Å²) in [7, 11) is -4.09. The average Bonchev–Trinajstić information content (AvgIpc) is 3.29. The highest BCUT2D eigenvalue weighted by atomic mass is 32.2. The summed E-state index contributed by atoms with van der Waals surface area (Å²) in [6.45, 7) is -0.0713. The van der Waals surface area contributed by atoms with Gasteiger partial charge in [0.25, 0.3) is 15.9 Å². The van der Waals surface area contributed by atoms with Crippen molar-refractivity contribution < 1.29 is 32.0 Å². The fourth-order valence-corrected chi connectivity index (χ4v) is 3.15. The Balaban J connectivity index is 1.61. The number of furan rings is 1. The summed E-state index contributed by atoms with van der Waals surface area (Å²) in [5.74, 6) is -2.09. The van der Waals surface area contributed by atoms with E-state index in [4.69, 9.17) is 14.3 Å². The number of anilines is 2. The standard InChI is InChI=1S/C17H17N3O7S/c18-28(24,25)16-8-7-13(27-16)17(23)26-10-14(21)19-11-4-1-2-5-12(11)20-9-3-6-15(20)22/h1-2,4-5,7-8H,3,6,9-10H2,(H,19,21)(H2,18,24,25). The van der Waals surface area contributed by atoms with Gasteiger partial charge in [0.15, 0.2) is 6.61 Å². The number of carbonyl (C=O) groups is 3. The summed E-state index contributed by atoms with van der Waals surface area (Å²) in [5.41, 5.74) is 0.974. The Hall–Kier alpha value is -3.18. The first-order chi connectivity index (χ1) is 13.3. The van der Waals surface area contributed by atoms with E-state index in [0.29, 0.717) is 24.3 Å². The van der Waals surface area contributed by atoms with Gasteiger partial charge in [-0.2, -0.15) is 0 Å². The second-order valence-electron chi connectivity index (χ2n) is 5.95. The molecule has 2 amide bonds. The summed E-state index contributed by atoms with van der Waals surface area (Å²) < 4.78 is 31.9. The van der Waals surface area contributed by atoms with Crippen molar-refractivity contribution in [1.29, 1.82) is 0 Å². The van der Waals surface area contributed by atoms with Crippen molar-refractivity contribution in [1.82, 2.24) is 0 Å². The fraction of sp³-hybridized carbons (Fsp3) is 0.235. The fourth-order valence-electron chi connectivity index (χ4n) is 2.69. The van der Waals surface area contributed by atoms with Gasteiger partial charge in [-0.15, -0.1) is 0 Å². The van der Waals surface area contributed by atoms with Gasteiger partial charge in [0.05, 0.1) is 11.4 Å². The Morgan fingerprint density at radius 3 is 2.61 bits per heavy atom. The summed E-state index contributed by atoms with van der Waals surface area (Å²) in [6.07, 6.45) is 1.19. The Bertz CT molecular complexity index is 1030. The number of primary sulfonamides is 1. The third-order valence-corrected chi connectivity index (χ3v) is 4.72. The van der Waals surface area contributed by atoms with E-state index in [-0.39, 0.29) is 5.91 Å². The van der Waals surface area contributed by atoms with E-state index in [1.165, 1.54) is 0 Å². The minimum Gasteiger partial charge on any atom is -0.450 e. The molecule has 1 aromatic heterocycles. The Morgan fingerprint density at radius 2 is 1.96 bits per heavy atom. The van der Waals surface area contributed by atoms with Gasteiger partial charge >= 0.3 is 5.97 Å².